The highest BCUT2D eigenvalue weighted by atomic mass is 32.2. The maximum Gasteiger partial charge on any atom is 0.333 e. The number of nitrogens with zero attached hydrogens (tertiary/aromatic N) is 3. The molecule has 124 valence electrons. The molecule has 8 nitrogen and oxygen atoms in total. The highest BCUT2D eigenvalue weighted by Gasteiger charge is 2.28. The molecule has 0 bridgehead atoms. The second-order valence-electron chi connectivity index (χ2n) is 5.06. The number of anilines is 1. The van der Waals surface area contributed by atoms with Crippen molar-refractivity contribution in [3.05, 3.63) is 28.2 Å². The number of rotatable bonds is 6. The lowest BCUT2D eigenvalue weighted by Gasteiger charge is -2.19. The lowest BCUT2D eigenvalue weighted by Crippen LogP contribution is -2.18. The second-order valence-corrected chi connectivity index (χ2v) is 8.90. The molecule has 1 aromatic rings. The number of hydrogen-bond donors (Lipinski definition) is 1. The molecule has 1 aromatic heterocycles. The van der Waals surface area contributed by atoms with Gasteiger partial charge in [-0.25, -0.2) is 28.2 Å². The zero-order valence-electron chi connectivity index (χ0n) is 12.6. The molecule has 2 N–H and O–H groups in total. The van der Waals surface area contributed by atoms with E-state index in [1.807, 2.05) is 11.8 Å². The molecule has 0 saturated carbocycles. The zero-order valence-corrected chi connectivity index (χ0v) is 15.2. The first kappa shape index (κ1) is 17.9. The molecule has 1 aliphatic heterocycles. The van der Waals surface area contributed by atoms with Crippen LogP contribution in [0.1, 0.15) is 24.7 Å². The van der Waals surface area contributed by atoms with Gasteiger partial charge in [-0.1, -0.05) is 0 Å². The van der Waals surface area contributed by atoms with Crippen LogP contribution in [0.25, 0.3) is 0 Å². The van der Waals surface area contributed by atoms with Gasteiger partial charge < -0.3 is 10.6 Å². The maximum atomic E-state index is 11.1. The molecule has 0 aliphatic carbocycles. The highest BCUT2D eigenvalue weighted by molar-refractivity contribution is 8.03. The molecule has 11 heteroatoms. The minimum absolute atomic E-state index is 0.00964. The fourth-order valence-corrected chi connectivity index (χ4v) is 4.88. The van der Waals surface area contributed by atoms with Crippen molar-refractivity contribution in [2.24, 2.45) is 0 Å². The fourth-order valence-electron chi connectivity index (χ4n) is 2.14. The monoisotopic (exact) mass is 374 g/mol. The Morgan fingerprint density at radius 3 is 2.52 bits per heavy atom. The quantitative estimate of drug-likeness (QED) is 0.748. The Hall–Kier alpha value is -1.43. The summed E-state index contributed by atoms with van der Waals surface area (Å²) in [5.41, 5.74) is 7.51. The predicted octanol–water partition coefficient (Wildman–Crippen LogP) is 3.17. The predicted molar refractivity (Wildman–Crippen MR) is 86.9 cm³/mol. The van der Waals surface area contributed by atoms with Crippen molar-refractivity contribution in [2.45, 2.75) is 32.2 Å². The Kier molecular flexibility index (Phi) is 5.79. The van der Waals surface area contributed by atoms with Crippen LogP contribution >= 0.6 is 27.1 Å². The molecule has 0 aromatic carbocycles. The van der Waals surface area contributed by atoms with Crippen LogP contribution in [-0.4, -0.2) is 26.1 Å². The fraction of sp³-hybridized carbons (Fsp3) is 0.500. The number of aryl methyl sites for hydroxylation is 1. The molecule has 2 rings (SSSR count). The summed E-state index contributed by atoms with van der Waals surface area (Å²) in [7, 11) is -6.02. The van der Waals surface area contributed by atoms with E-state index in [0.29, 0.717) is 24.1 Å². The van der Waals surface area contributed by atoms with Crippen LogP contribution in [0.15, 0.2) is 16.8 Å². The smallest absolute Gasteiger partial charge is 0.333 e. The van der Waals surface area contributed by atoms with Gasteiger partial charge in [0.05, 0.1) is 5.88 Å². The van der Waals surface area contributed by atoms with E-state index in [9.17, 15) is 18.3 Å². The summed E-state index contributed by atoms with van der Waals surface area (Å²) in [6.07, 6.45) is 1.66. The van der Waals surface area contributed by atoms with Crippen LogP contribution in [-0.2, 0) is 24.8 Å². The van der Waals surface area contributed by atoms with E-state index in [2.05, 4.69) is 9.97 Å². The lowest BCUT2D eigenvalue weighted by molar-refractivity contribution is 0.401. The van der Waals surface area contributed by atoms with Gasteiger partial charge in [0.15, 0.2) is 5.40 Å². The first-order valence-corrected chi connectivity index (χ1v) is 10.2. The molecule has 0 radical (unpaired) electrons. The number of nitrogen functional groups attached to an aromatic ring is 1. The van der Waals surface area contributed by atoms with E-state index in [-0.39, 0.29) is 6.42 Å². The van der Waals surface area contributed by atoms with E-state index >= 15 is 0 Å². The third-order valence-electron chi connectivity index (χ3n) is 3.51. The van der Waals surface area contributed by atoms with E-state index in [1.165, 1.54) is 11.8 Å². The van der Waals surface area contributed by atoms with Crippen LogP contribution in [0.3, 0.4) is 0 Å². The summed E-state index contributed by atoms with van der Waals surface area (Å²) in [6.45, 7) is 4.09. The van der Waals surface area contributed by atoms with Crippen LogP contribution in [0.5, 0.6) is 0 Å². The van der Waals surface area contributed by atoms with Crippen molar-refractivity contribution >= 4 is 32.9 Å². The third-order valence-corrected chi connectivity index (χ3v) is 7.23. The SMILES string of the molecule is CC1=C(CC(P(=O)=O)P(=O)=O)SCN1Cc1cnc(C)nc1N. The van der Waals surface area contributed by atoms with Crippen LogP contribution in [0, 0.1) is 6.92 Å². The molecule has 0 spiro atoms. The summed E-state index contributed by atoms with van der Waals surface area (Å²) in [5, 5.41) is -1.36. The van der Waals surface area contributed by atoms with E-state index in [0.717, 1.165) is 16.2 Å². The van der Waals surface area contributed by atoms with Gasteiger partial charge in [0, 0.05) is 35.3 Å². The molecule has 0 amide bonds. The molecule has 0 fully saturated rings. The van der Waals surface area contributed by atoms with Gasteiger partial charge in [-0.05, 0) is 13.8 Å². The summed E-state index contributed by atoms with van der Waals surface area (Å²) < 4.78 is 44.2. The molecule has 0 saturated heterocycles. The normalized spacial score (nSPS) is 14.7. The minimum Gasteiger partial charge on any atom is -0.383 e. The Morgan fingerprint density at radius 2 is 1.96 bits per heavy atom. The Bertz CT molecular complexity index is 753. The summed E-state index contributed by atoms with van der Waals surface area (Å²) in [5.74, 6) is 1.61. The van der Waals surface area contributed by atoms with Gasteiger partial charge >= 0.3 is 15.4 Å². The van der Waals surface area contributed by atoms with Crippen molar-refractivity contribution in [3.8, 4) is 0 Å². The minimum atomic E-state index is -3.01. The largest absolute Gasteiger partial charge is 0.383 e. The number of allylic oxidation sites excluding steroid dienone is 2. The van der Waals surface area contributed by atoms with Crippen molar-refractivity contribution in [2.75, 3.05) is 11.6 Å². The zero-order chi connectivity index (χ0) is 17.1. The van der Waals surface area contributed by atoms with Crippen molar-refractivity contribution in [1.82, 2.24) is 14.9 Å². The van der Waals surface area contributed by atoms with Gasteiger partial charge in [0.2, 0.25) is 0 Å². The van der Waals surface area contributed by atoms with Gasteiger partial charge in [0.1, 0.15) is 11.6 Å². The number of nitrogens with two attached hydrogens (primary N) is 1. The third kappa shape index (κ3) is 4.31. The van der Waals surface area contributed by atoms with Gasteiger partial charge in [-0.2, -0.15) is 0 Å². The standard InChI is InChI=1S/C12H16N4O4P2S/c1-7-10(3-11(21(17)18)22(19)20)23-6-16(7)5-9-4-14-8(2)15-12(9)13/h4,11H,3,5-6H2,1-2H3,(H2,13,14,15). The number of thioether (sulfide) groups is 1. The summed E-state index contributed by atoms with van der Waals surface area (Å²) in [4.78, 5) is 11.0. The van der Waals surface area contributed by atoms with Crippen LogP contribution < -0.4 is 5.73 Å². The summed E-state index contributed by atoms with van der Waals surface area (Å²) in [6, 6.07) is 0. The second kappa shape index (κ2) is 7.43. The van der Waals surface area contributed by atoms with Gasteiger partial charge in [0.25, 0.3) is 0 Å². The number of hydrogen-bond acceptors (Lipinski definition) is 9. The highest BCUT2D eigenvalue weighted by Crippen LogP contribution is 2.42. The Balaban J connectivity index is 2.16. The first-order valence-electron chi connectivity index (χ1n) is 6.72. The average Bonchev–Trinajstić information content (AvgIpc) is 2.79. The molecule has 0 unspecified atom stereocenters. The molecular weight excluding hydrogens is 358 g/mol. The van der Waals surface area contributed by atoms with Gasteiger partial charge in [-0.15, -0.1) is 11.8 Å². The number of aromatic nitrogens is 2. The van der Waals surface area contributed by atoms with Crippen LogP contribution in [0.4, 0.5) is 5.82 Å². The topological polar surface area (TPSA) is 123 Å². The molecule has 2 heterocycles. The first-order chi connectivity index (χ1) is 10.8. The maximum absolute atomic E-state index is 11.1. The Morgan fingerprint density at radius 1 is 1.30 bits per heavy atom. The average molecular weight is 374 g/mol. The van der Waals surface area contributed by atoms with Crippen LogP contribution in [0.2, 0.25) is 0 Å². The lowest BCUT2D eigenvalue weighted by atomic mass is 10.2. The van der Waals surface area contributed by atoms with E-state index in [4.69, 9.17) is 5.73 Å². The van der Waals surface area contributed by atoms with Crippen molar-refractivity contribution in [1.29, 1.82) is 0 Å². The van der Waals surface area contributed by atoms with E-state index in [1.54, 1.807) is 13.1 Å². The van der Waals surface area contributed by atoms with Gasteiger partial charge in [-0.3, -0.25) is 0 Å². The molecule has 0 atom stereocenters. The molecular formula is C12H16N4O4P2S. The molecule has 1 aliphatic rings. The van der Waals surface area contributed by atoms with Crippen molar-refractivity contribution < 1.29 is 18.3 Å². The summed E-state index contributed by atoms with van der Waals surface area (Å²) >= 11 is 1.44. The van der Waals surface area contributed by atoms with Crippen molar-refractivity contribution in [3.63, 3.8) is 0 Å². The van der Waals surface area contributed by atoms with E-state index < -0.39 is 20.8 Å². The molecule has 23 heavy (non-hydrogen) atoms. The Labute approximate surface area is 138 Å².